The van der Waals surface area contributed by atoms with Crippen molar-refractivity contribution in [1.82, 2.24) is 0 Å². The molecule has 154 valence electrons. The molecule has 2 atom stereocenters. The van der Waals surface area contributed by atoms with Crippen LogP contribution < -0.4 is 0 Å². The van der Waals surface area contributed by atoms with E-state index in [0.717, 1.165) is 16.0 Å². The van der Waals surface area contributed by atoms with Crippen LogP contribution in [0.4, 0.5) is 0 Å². The molecule has 1 unspecified atom stereocenters. The van der Waals surface area contributed by atoms with E-state index in [1.165, 1.54) is 18.9 Å². The van der Waals surface area contributed by atoms with Crippen molar-refractivity contribution in [3.63, 3.8) is 0 Å². The summed E-state index contributed by atoms with van der Waals surface area (Å²) in [5.74, 6) is -0.643. The van der Waals surface area contributed by atoms with Gasteiger partial charge in [0.1, 0.15) is 4.75 Å². The number of Topliss-reactive ketones (excluding diaryl/α,β-unsaturated/α-hetero) is 1. The number of aryl methyl sites for hydroxylation is 1. The molecule has 0 amide bonds. The molecule has 0 saturated carbocycles. The Kier molecular flexibility index (Phi) is 7.11. The van der Waals surface area contributed by atoms with Crippen molar-refractivity contribution in [3.8, 4) is 0 Å². The Morgan fingerprint density at radius 3 is 2.03 bits per heavy atom. The molecule has 0 N–H and O–H groups in total. The second-order valence-corrected chi connectivity index (χ2v) is 8.72. The highest BCUT2D eigenvalue weighted by Crippen LogP contribution is 2.49. The predicted octanol–water partition coefficient (Wildman–Crippen LogP) is 6.06. The molecule has 0 saturated heterocycles. The summed E-state index contributed by atoms with van der Waals surface area (Å²) < 4.78 is 4.26. The van der Waals surface area contributed by atoms with Crippen molar-refractivity contribution in [1.29, 1.82) is 0 Å². The molecule has 0 heterocycles. The standard InChI is InChI=1S/C26H26O3S/c1-19-14-16-23(17-15-19)30-26(25(28)29-3,22-12-8-5-9-13-22)20(2)18-24(27)21-10-6-4-7-11-21/h4-17,20H,18H2,1-3H3/t20-,26?/m1/s1. The zero-order valence-electron chi connectivity index (χ0n) is 17.5. The molecule has 0 radical (unpaired) electrons. The summed E-state index contributed by atoms with van der Waals surface area (Å²) in [6.45, 7) is 3.98. The molecule has 0 bridgehead atoms. The fourth-order valence-corrected chi connectivity index (χ4v) is 4.95. The zero-order valence-corrected chi connectivity index (χ0v) is 18.3. The van der Waals surface area contributed by atoms with Crippen LogP contribution in [-0.4, -0.2) is 18.9 Å². The average molecular weight is 419 g/mol. The molecule has 0 aromatic heterocycles. The van der Waals surface area contributed by atoms with Gasteiger partial charge in [0.15, 0.2) is 5.78 Å². The Hall–Kier alpha value is -2.85. The maximum atomic E-state index is 13.3. The minimum atomic E-state index is -1.05. The van der Waals surface area contributed by atoms with Crippen LogP contribution in [0.1, 0.15) is 34.8 Å². The first-order chi connectivity index (χ1) is 14.5. The number of ether oxygens (including phenoxy) is 1. The Morgan fingerprint density at radius 2 is 1.47 bits per heavy atom. The summed E-state index contributed by atoms with van der Waals surface area (Å²) in [5.41, 5.74) is 2.63. The normalized spacial score (nSPS) is 13.8. The number of carbonyl (C=O) groups is 2. The number of thioether (sulfide) groups is 1. The molecule has 4 heteroatoms. The number of esters is 1. The quantitative estimate of drug-likeness (QED) is 0.253. The summed E-state index contributed by atoms with van der Waals surface area (Å²) >= 11 is 1.45. The Labute approximate surface area is 182 Å². The van der Waals surface area contributed by atoms with Crippen molar-refractivity contribution in [2.24, 2.45) is 5.92 Å². The van der Waals surface area contributed by atoms with Crippen LogP contribution in [0.5, 0.6) is 0 Å². The number of benzene rings is 3. The fraction of sp³-hybridized carbons (Fsp3) is 0.231. The maximum Gasteiger partial charge on any atom is 0.327 e. The summed E-state index contributed by atoms with van der Waals surface area (Å²) in [4.78, 5) is 27.2. The Balaban J connectivity index is 2.05. The van der Waals surface area contributed by atoms with Gasteiger partial charge >= 0.3 is 5.97 Å². The highest BCUT2D eigenvalue weighted by molar-refractivity contribution is 8.01. The minimum absolute atomic E-state index is 0.0109. The van der Waals surface area contributed by atoms with Gasteiger partial charge in [0.25, 0.3) is 0 Å². The topological polar surface area (TPSA) is 43.4 Å². The maximum absolute atomic E-state index is 13.3. The molecule has 30 heavy (non-hydrogen) atoms. The van der Waals surface area contributed by atoms with Gasteiger partial charge in [0.05, 0.1) is 7.11 Å². The molecular weight excluding hydrogens is 392 g/mol. The van der Waals surface area contributed by atoms with E-state index in [9.17, 15) is 9.59 Å². The van der Waals surface area contributed by atoms with Crippen molar-refractivity contribution in [3.05, 3.63) is 102 Å². The van der Waals surface area contributed by atoms with Gasteiger partial charge in [0.2, 0.25) is 0 Å². The minimum Gasteiger partial charge on any atom is -0.468 e. The van der Waals surface area contributed by atoms with Gasteiger partial charge in [-0.3, -0.25) is 9.59 Å². The van der Waals surface area contributed by atoms with Crippen LogP contribution in [0.15, 0.2) is 89.8 Å². The Morgan fingerprint density at radius 1 is 0.900 bits per heavy atom. The van der Waals surface area contributed by atoms with Gasteiger partial charge in [-0.1, -0.05) is 85.3 Å². The molecular formula is C26H26O3S. The van der Waals surface area contributed by atoms with Gasteiger partial charge in [0, 0.05) is 16.9 Å². The SMILES string of the molecule is COC(=O)C(Sc1ccc(C)cc1)(c1ccccc1)[C@H](C)CC(=O)c1ccccc1. The average Bonchev–Trinajstić information content (AvgIpc) is 2.79. The first-order valence-electron chi connectivity index (χ1n) is 9.95. The largest absolute Gasteiger partial charge is 0.468 e. The number of rotatable bonds is 8. The van der Waals surface area contributed by atoms with E-state index in [2.05, 4.69) is 0 Å². The highest BCUT2D eigenvalue weighted by atomic mass is 32.2. The van der Waals surface area contributed by atoms with Crippen LogP contribution >= 0.6 is 11.8 Å². The van der Waals surface area contributed by atoms with Gasteiger partial charge < -0.3 is 4.74 Å². The molecule has 0 aliphatic carbocycles. The van der Waals surface area contributed by atoms with Crippen LogP contribution in [0.25, 0.3) is 0 Å². The molecule has 3 nitrogen and oxygen atoms in total. The molecule has 3 rings (SSSR count). The zero-order chi connectivity index (χ0) is 21.6. The van der Waals surface area contributed by atoms with Gasteiger partial charge in [-0.25, -0.2) is 0 Å². The van der Waals surface area contributed by atoms with E-state index < -0.39 is 4.75 Å². The smallest absolute Gasteiger partial charge is 0.327 e. The van der Waals surface area contributed by atoms with E-state index in [-0.39, 0.29) is 24.1 Å². The molecule has 3 aromatic rings. The van der Waals surface area contributed by atoms with Crippen molar-refractivity contribution >= 4 is 23.5 Å². The predicted molar refractivity (Wildman–Crippen MR) is 122 cm³/mol. The third-order valence-corrected chi connectivity index (χ3v) is 6.91. The molecule has 0 spiro atoms. The van der Waals surface area contributed by atoms with Crippen LogP contribution in [0.2, 0.25) is 0 Å². The van der Waals surface area contributed by atoms with E-state index in [1.807, 2.05) is 98.8 Å². The summed E-state index contributed by atoms with van der Waals surface area (Å²) in [6, 6.07) is 26.9. The molecule has 0 fully saturated rings. The number of hydrogen-bond donors (Lipinski definition) is 0. The van der Waals surface area contributed by atoms with Gasteiger partial charge in [-0.15, -0.1) is 11.8 Å². The number of carbonyl (C=O) groups excluding carboxylic acids is 2. The van der Waals surface area contributed by atoms with Gasteiger partial charge in [-0.2, -0.15) is 0 Å². The lowest BCUT2D eigenvalue weighted by molar-refractivity contribution is -0.145. The third-order valence-electron chi connectivity index (χ3n) is 5.27. The van der Waals surface area contributed by atoms with Crippen molar-refractivity contribution in [2.45, 2.75) is 29.9 Å². The second kappa shape index (κ2) is 9.77. The van der Waals surface area contributed by atoms with Crippen molar-refractivity contribution < 1.29 is 14.3 Å². The number of methoxy groups -OCH3 is 1. The second-order valence-electron chi connectivity index (χ2n) is 7.40. The summed E-state index contributed by atoms with van der Waals surface area (Å²) in [5, 5.41) is 0. The van der Waals surface area contributed by atoms with Crippen LogP contribution in [0, 0.1) is 12.8 Å². The van der Waals surface area contributed by atoms with Crippen LogP contribution in [-0.2, 0) is 14.3 Å². The lowest BCUT2D eigenvalue weighted by Gasteiger charge is -2.36. The lowest BCUT2D eigenvalue weighted by atomic mass is 9.82. The number of ketones is 1. The third kappa shape index (κ3) is 4.65. The molecule has 0 aliphatic rings. The van der Waals surface area contributed by atoms with E-state index >= 15 is 0 Å². The molecule has 3 aromatic carbocycles. The lowest BCUT2D eigenvalue weighted by Crippen LogP contribution is -2.41. The van der Waals surface area contributed by atoms with Crippen LogP contribution in [0.3, 0.4) is 0 Å². The van der Waals surface area contributed by atoms with E-state index in [1.54, 1.807) is 0 Å². The summed E-state index contributed by atoms with van der Waals surface area (Å²) in [6.07, 6.45) is 0.229. The Bertz CT molecular complexity index is 984. The van der Waals surface area contributed by atoms with E-state index in [0.29, 0.717) is 5.56 Å². The fourth-order valence-electron chi connectivity index (χ4n) is 3.60. The monoisotopic (exact) mass is 418 g/mol. The first kappa shape index (κ1) is 21.8. The first-order valence-corrected chi connectivity index (χ1v) is 10.8. The van der Waals surface area contributed by atoms with Crippen molar-refractivity contribution in [2.75, 3.05) is 7.11 Å². The molecule has 0 aliphatic heterocycles. The summed E-state index contributed by atoms with van der Waals surface area (Å²) in [7, 11) is 1.40. The highest BCUT2D eigenvalue weighted by Gasteiger charge is 2.48. The van der Waals surface area contributed by atoms with E-state index in [4.69, 9.17) is 4.74 Å². The number of hydrogen-bond acceptors (Lipinski definition) is 4. The van der Waals surface area contributed by atoms with Gasteiger partial charge in [-0.05, 0) is 30.5 Å².